The number of carbonyl (C=O) groups is 1. The van der Waals surface area contributed by atoms with Crippen molar-refractivity contribution in [2.75, 3.05) is 13.1 Å². The summed E-state index contributed by atoms with van der Waals surface area (Å²) in [5.74, 6) is 0.276. The van der Waals surface area contributed by atoms with Gasteiger partial charge < -0.3 is 4.90 Å². The van der Waals surface area contributed by atoms with E-state index in [1.54, 1.807) is 0 Å². The zero-order valence-corrected chi connectivity index (χ0v) is 12.3. The van der Waals surface area contributed by atoms with Crippen molar-refractivity contribution in [1.29, 1.82) is 0 Å². The van der Waals surface area contributed by atoms with E-state index in [1.165, 1.54) is 15.0 Å². The van der Waals surface area contributed by atoms with Gasteiger partial charge in [0.05, 0.1) is 0 Å². The number of halogens is 1. The van der Waals surface area contributed by atoms with Crippen LogP contribution in [0.3, 0.4) is 0 Å². The average molecular weight is 324 g/mol. The highest BCUT2D eigenvalue weighted by Gasteiger charge is 2.27. The van der Waals surface area contributed by atoms with Gasteiger partial charge in [-0.3, -0.25) is 4.79 Å². The Kier molecular flexibility index (Phi) is 3.39. The summed E-state index contributed by atoms with van der Waals surface area (Å²) in [5, 5.41) is 1.31. The van der Waals surface area contributed by atoms with Crippen LogP contribution in [0.5, 0.6) is 0 Å². The summed E-state index contributed by atoms with van der Waals surface area (Å²) in [6.07, 6.45) is 1.61. The summed E-state index contributed by atoms with van der Waals surface area (Å²) >= 11 is 5.35. The molecule has 2 nitrogen and oxygen atoms in total. The first kappa shape index (κ1) is 12.2. The van der Waals surface area contributed by atoms with Crippen molar-refractivity contribution in [3.05, 3.63) is 35.2 Å². The minimum absolute atomic E-state index is 0.276. The number of alkyl halides is 1. The van der Waals surface area contributed by atoms with E-state index in [9.17, 15) is 4.79 Å². The number of benzene rings is 1. The van der Waals surface area contributed by atoms with Crippen LogP contribution in [0.15, 0.2) is 30.3 Å². The lowest BCUT2D eigenvalue weighted by atomic mass is 10.2. The van der Waals surface area contributed by atoms with E-state index >= 15 is 0 Å². The van der Waals surface area contributed by atoms with Crippen molar-refractivity contribution in [2.45, 2.75) is 17.7 Å². The molecule has 1 aromatic heterocycles. The molecule has 0 aliphatic carbocycles. The number of nitrogens with zero attached hydrogens (tertiary/aromatic N) is 1. The number of thiophene rings is 1. The Hall–Kier alpha value is -0.870. The number of rotatable bonds is 3. The Bertz CT molecular complexity index is 547. The Balaban J connectivity index is 1.68. The molecule has 0 spiro atoms. The maximum atomic E-state index is 11.7. The largest absolute Gasteiger partial charge is 0.341 e. The molecule has 0 bridgehead atoms. The van der Waals surface area contributed by atoms with Gasteiger partial charge in [0, 0.05) is 33.9 Å². The lowest BCUT2D eigenvalue weighted by Crippen LogP contribution is -2.27. The Morgan fingerprint density at radius 3 is 2.94 bits per heavy atom. The zero-order valence-electron chi connectivity index (χ0n) is 9.93. The van der Waals surface area contributed by atoms with E-state index in [0.29, 0.717) is 11.2 Å². The fourth-order valence-electron chi connectivity index (χ4n) is 2.35. The molecular formula is C14H14BrNOS. The van der Waals surface area contributed by atoms with Crippen LogP contribution in [0.25, 0.3) is 10.1 Å². The predicted molar refractivity (Wildman–Crippen MR) is 79.4 cm³/mol. The van der Waals surface area contributed by atoms with Crippen LogP contribution in [0, 0.1) is 0 Å². The smallest absolute Gasteiger partial charge is 0.223 e. The minimum Gasteiger partial charge on any atom is -0.341 e. The van der Waals surface area contributed by atoms with Crippen LogP contribution in [0.2, 0.25) is 0 Å². The molecule has 2 aromatic rings. The first-order valence-corrected chi connectivity index (χ1v) is 7.85. The first-order valence-electron chi connectivity index (χ1n) is 6.11. The number of likely N-dealkylation sites (tertiary alicyclic amines) is 1. The third-order valence-corrected chi connectivity index (χ3v) is 5.06. The summed E-state index contributed by atoms with van der Waals surface area (Å²) in [5.41, 5.74) is 0. The van der Waals surface area contributed by atoms with Gasteiger partial charge in [0.15, 0.2) is 0 Å². The molecule has 1 aliphatic rings. The number of amides is 1. The van der Waals surface area contributed by atoms with Gasteiger partial charge in [0.25, 0.3) is 0 Å². The van der Waals surface area contributed by atoms with E-state index in [2.05, 4.69) is 46.3 Å². The first-order chi connectivity index (χ1) is 8.72. The molecule has 0 saturated carbocycles. The molecular weight excluding hydrogens is 310 g/mol. The fraction of sp³-hybridized carbons (Fsp3) is 0.357. The molecule has 2 heterocycles. The molecule has 1 fully saturated rings. The maximum Gasteiger partial charge on any atom is 0.223 e. The van der Waals surface area contributed by atoms with E-state index in [4.69, 9.17) is 0 Å². The number of hydrogen-bond donors (Lipinski definition) is 0. The second kappa shape index (κ2) is 5.02. The van der Waals surface area contributed by atoms with Crippen molar-refractivity contribution in [2.24, 2.45) is 0 Å². The van der Waals surface area contributed by atoms with E-state index < -0.39 is 0 Å². The van der Waals surface area contributed by atoms with Gasteiger partial charge in [0.1, 0.15) is 0 Å². The highest BCUT2D eigenvalue weighted by Crippen LogP contribution is 2.26. The average Bonchev–Trinajstić information content (AvgIpc) is 2.89. The molecule has 1 unspecified atom stereocenters. The minimum atomic E-state index is 0.276. The number of carbonyl (C=O) groups excluding carboxylic acids is 1. The molecule has 3 rings (SSSR count). The second-order valence-corrected chi connectivity index (χ2v) is 7.10. The van der Waals surface area contributed by atoms with Crippen molar-refractivity contribution in [3.8, 4) is 0 Å². The highest BCUT2D eigenvalue weighted by atomic mass is 79.9. The Labute approximate surface area is 119 Å². The van der Waals surface area contributed by atoms with Crippen molar-refractivity contribution in [3.63, 3.8) is 0 Å². The van der Waals surface area contributed by atoms with Crippen molar-refractivity contribution < 1.29 is 4.79 Å². The molecule has 0 N–H and O–H groups in total. The predicted octanol–water partition coefficient (Wildman–Crippen LogP) is 3.44. The SMILES string of the molecule is O=C1CC(Br)CN1CCc1cc2ccccc2s1. The van der Waals surface area contributed by atoms with Crippen LogP contribution < -0.4 is 0 Å². The van der Waals surface area contributed by atoms with Crippen molar-refractivity contribution >= 4 is 43.3 Å². The number of hydrogen-bond acceptors (Lipinski definition) is 2. The third-order valence-electron chi connectivity index (χ3n) is 3.27. The van der Waals surface area contributed by atoms with Crippen LogP contribution >= 0.6 is 27.3 Å². The standard InChI is InChI=1S/C14H14BrNOS/c15-11-8-14(17)16(9-11)6-5-12-7-10-3-1-2-4-13(10)18-12/h1-4,7,11H,5-6,8-9H2. The second-order valence-electron chi connectivity index (χ2n) is 4.64. The molecule has 1 atom stereocenters. The summed E-state index contributed by atoms with van der Waals surface area (Å²) in [7, 11) is 0. The molecule has 1 amide bonds. The van der Waals surface area contributed by atoms with Gasteiger partial charge >= 0.3 is 0 Å². The topological polar surface area (TPSA) is 20.3 Å². The van der Waals surface area contributed by atoms with Crippen LogP contribution in [0.1, 0.15) is 11.3 Å². The normalized spacial score (nSPS) is 19.9. The van der Waals surface area contributed by atoms with Gasteiger partial charge in [-0.25, -0.2) is 0 Å². The fourth-order valence-corrected chi connectivity index (χ4v) is 4.02. The van der Waals surface area contributed by atoms with E-state index in [0.717, 1.165) is 19.5 Å². The lowest BCUT2D eigenvalue weighted by molar-refractivity contribution is -0.127. The third kappa shape index (κ3) is 2.45. The van der Waals surface area contributed by atoms with Gasteiger partial charge in [0.2, 0.25) is 5.91 Å². The number of fused-ring (bicyclic) bond motifs is 1. The van der Waals surface area contributed by atoms with Gasteiger partial charge in [-0.1, -0.05) is 34.1 Å². The highest BCUT2D eigenvalue weighted by molar-refractivity contribution is 9.09. The Morgan fingerprint density at radius 2 is 2.22 bits per heavy atom. The summed E-state index contributed by atoms with van der Waals surface area (Å²) < 4.78 is 1.33. The summed E-state index contributed by atoms with van der Waals surface area (Å²) in [6, 6.07) is 10.7. The van der Waals surface area contributed by atoms with Gasteiger partial charge in [-0.05, 0) is 23.9 Å². The van der Waals surface area contributed by atoms with Crippen LogP contribution in [-0.4, -0.2) is 28.7 Å². The van der Waals surface area contributed by atoms with Crippen LogP contribution in [-0.2, 0) is 11.2 Å². The molecule has 1 aliphatic heterocycles. The molecule has 94 valence electrons. The zero-order chi connectivity index (χ0) is 12.5. The summed E-state index contributed by atoms with van der Waals surface area (Å²) in [4.78, 5) is 15.3. The lowest BCUT2D eigenvalue weighted by Gasteiger charge is -2.14. The Morgan fingerprint density at radius 1 is 1.39 bits per heavy atom. The monoisotopic (exact) mass is 323 g/mol. The van der Waals surface area contributed by atoms with E-state index in [1.807, 2.05) is 16.2 Å². The molecule has 1 saturated heterocycles. The van der Waals surface area contributed by atoms with Crippen molar-refractivity contribution in [1.82, 2.24) is 4.90 Å². The van der Waals surface area contributed by atoms with Crippen LogP contribution in [0.4, 0.5) is 0 Å². The van der Waals surface area contributed by atoms with Gasteiger partial charge in [-0.15, -0.1) is 11.3 Å². The maximum absolute atomic E-state index is 11.7. The quantitative estimate of drug-likeness (QED) is 0.792. The molecule has 4 heteroatoms. The molecule has 18 heavy (non-hydrogen) atoms. The van der Waals surface area contributed by atoms with E-state index in [-0.39, 0.29) is 5.91 Å². The molecule has 0 radical (unpaired) electrons. The molecule has 1 aromatic carbocycles. The van der Waals surface area contributed by atoms with Gasteiger partial charge in [-0.2, -0.15) is 0 Å². The summed E-state index contributed by atoms with van der Waals surface area (Å²) in [6.45, 7) is 1.69.